The lowest BCUT2D eigenvalue weighted by atomic mass is 9.79. The summed E-state index contributed by atoms with van der Waals surface area (Å²) in [4.78, 5) is 6.43. The monoisotopic (exact) mass is 463 g/mol. The molecule has 3 aromatic rings. The van der Waals surface area contributed by atoms with Crippen LogP contribution in [0.15, 0.2) is 42.6 Å². The third kappa shape index (κ3) is 5.04. The second-order valence-electron chi connectivity index (χ2n) is 10.6. The number of aromatic hydroxyl groups is 1. The van der Waals surface area contributed by atoms with Gasteiger partial charge < -0.3 is 15.3 Å². The highest BCUT2D eigenvalue weighted by molar-refractivity contribution is 5.75. The van der Waals surface area contributed by atoms with Crippen molar-refractivity contribution in [3.63, 3.8) is 0 Å². The Labute approximate surface area is 201 Å². The SMILES string of the molecule is CCc1cc(-c2cc(O)c(-c3ccc(N(C)C4CC(C)(C)NC(C)(C)C4)nn3)c(F)c2)ccn1. The number of hydrogen-bond acceptors (Lipinski definition) is 6. The number of nitrogens with one attached hydrogen (secondary N) is 1. The summed E-state index contributed by atoms with van der Waals surface area (Å²) in [5.74, 6) is 0.0203. The van der Waals surface area contributed by atoms with E-state index >= 15 is 4.39 Å². The number of aryl methyl sites for hydroxylation is 1. The quantitative estimate of drug-likeness (QED) is 0.531. The molecule has 1 saturated heterocycles. The van der Waals surface area contributed by atoms with Crippen molar-refractivity contribution in [2.75, 3.05) is 11.9 Å². The van der Waals surface area contributed by atoms with Crippen LogP contribution >= 0.6 is 0 Å². The zero-order valence-electron chi connectivity index (χ0n) is 20.9. The summed E-state index contributed by atoms with van der Waals surface area (Å²) in [6.45, 7) is 10.9. The Morgan fingerprint density at radius 1 is 1.03 bits per heavy atom. The van der Waals surface area contributed by atoms with E-state index < -0.39 is 5.82 Å². The Morgan fingerprint density at radius 2 is 1.74 bits per heavy atom. The van der Waals surface area contributed by atoms with Crippen molar-refractivity contribution in [3.05, 3.63) is 54.1 Å². The predicted octanol–water partition coefficient (Wildman–Crippen LogP) is 5.36. The Kier molecular flexibility index (Phi) is 6.34. The topological polar surface area (TPSA) is 74.2 Å². The van der Waals surface area contributed by atoms with Gasteiger partial charge in [-0.2, -0.15) is 0 Å². The predicted molar refractivity (Wildman–Crippen MR) is 134 cm³/mol. The molecule has 0 saturated carbocycles. The van der Waals surface area contributed by atoms with Crippen molar-refractivity contribution in [1.82, 2.24) is 20.5 Å². The second kappa shape index (κ2) is 8.95. The molecule has 1 aliphatic rings. The molecule has 4 rings (SSSR count). The Bertz CT molecular complexity index is 1140. The molecule has 0 aliphatic carbocycles. The van der Waals surface area contributed by atoms with E-state index in [4.69, 9.17) is 0 Å². The maximum Gasteiger partial charge on any atom is 0.151 e. The van der Waals surface area contributed by atoms with Gasteiger partial charge in [-0.3, -0.25) is 4.98 Å². The molecular weight excluding hydrogens is 429 g/mol. The van der Waals surface area contributed by atoms with Crippen LogP contribution in [0.25, 0.3) is 22.4 Å². The third-order valence-corrected chi connectivity index (χ3v) is 6.57. The molecule has 1 aromatic carbocycles. The van der Waals surface area contributed by atoms with E-state index in [2.05, 4.69) is 53.1 Å². The van der Waals surface area contributed by atoms with Crippen molar-refractivity contribution >= 4 is 5.82 Å². The van der Waals surface area contributed by atoms with Crippen LogP contribution in [0.5, 0.6) is 5.75 Å². The minimum absolute atomic E-state index is 0.0113. The smallest absolute Gasteiger partial charge is 0.151 e. The molecule has 0 spiro atoms. The maximum atomic E-state index is 15.1. The van der Waals surface area contributed by atoms with Crippen LogP contribution in [0.2, 0.25) is 0 Å². The molecule has 3 heterocycles. The van der Waals surface area contributed by atoms with Gasteiger partial charge in [-0.25, -0.2) is 4.39 Å². The minimum atomic E-state index is -0.540. The molecule has 1 aliphatic heterocycles. The van der Waals surface area contributed by atoms with Gasteiger partial charge in [0.25, 0.3) is 0 Å². The summed E-state index contributed by atoms with van der Waals surface area (Å²) in [5, 5.41) is 23.0. The first-order valence-electron chi connectivity index (χ1n) is 11.8. The van der Waals surface area contributed by atoms with E-state index in [1.165, 1.54) is 6.07 Å². The molecule has 6 nitrogen and oxygen atoms in total. The van der Waals surface area contributed by atoms with E-state index in [0.29, 0.717) is 17.3 Å². The highest BCUT2D eigenvalue weighted by Gasteiger charge is 2.39. The third-order valence-electron chi connectivity index (χ3n) is 6.57. The van der Waals surface area contributed by atoms with Crippen molar-refractivity contribution in [1.29, 1.82) is 0 Å². The number of hydrogen-bond donors (Lipinski definition) is 2. The van der Waals surface area contributed by atoms with E-state index in [1.54, 1.807) is 24.4 Å². The summed E-state index contributed by atoms with van der Waals surface area (Å²) in [7, 11) is 2.03. The minimum Gasteiger partial charge on any atom is -0.507 e. The summed E-state index contributed by atoms with van der Waals surface area (Å²) in [6, 6.07) is 10.6. The summed E-state index contributed by atoms with van der Waals surface area (Å²) < 4.78 is 15.1. The number of pyridine rings is 1. The average Bonchev–Trinajstić information content (AvgIpc) is 2.76. The van der Waals surface area contributed by atoms with Crippen molar-refractivity contribution < 1.29 is 9.50 Å². The van der Waals surface area contributed by atoms with Crippen LogP contribution in [0.3, 0.4) is 0 Å². The first-order chi connectivity index (χ1) is 16.0. The number of anilines is 1. The first kappa shape index (κ1) is 24.1. The van der Waals surface area contributed by atoms with Crippen LogP contribution < -0.4 is 10.2 Å². The van der Waals surface area contributed by atoms with Crippen molar-refractivity contribution in [2.24, 2.45) is 0 Å². The number of phenolic OH excluding ortho intramolecular Hbond substituents is 1. The van der Waals surface area contributed by atoms with E-state index in [-0.39, 0.29) is 22.4 Å². The highest BCUT2D eigenvalue weighted by atomic mass is 19.1. The highest BCUT2D eigenvalue weighted by Crippen LogP contribution is 2.36. The molecule has 2 aromatic heterocycles. The van der Waals surface area contributed by atoms with Crippen molar-refractivity contribution in [3.8, 4) is 28.1 Å². The lowest BCUT2D eigenvalue weighted by Crippen LogP contribution is -2.62. The standard InChI is InChI=1S/C27H34FN5O/c1-7-19-12-17(10-11-29-19)18-13-21(28)25(23(34)14-18)22-8-9-24(31-30-22)33(6)20-15-26(2,3)32-27(4,5)16-20/h8-14,20,32,34H,7,15-16H2,1-6H3. The van der Waals surface area contributed by atoms with Gasteiger partial charge in [-0.15, -0.1) is 10.2 Å². The van der Waals surface area contributed by atoms with Gasteiger partial charge in [-0.05, 0) is 94.5 Å². The van der Waals surface area contributed by atoms with E-state index in [0.717, 1.165) is 36.3 Å². The van der Waals surface area contributed by atoms with Crippen LogP contribution in [0.4, 0.5) is 10.2 Å². The van der Waals surface area contributed by atoms with Crippen LogP contribution in [-0.2, 0) is 6.42 Å². The van der Waals surface area contributed by atoms with Crippen LogP contribution in [0, 0.1) is 5.82 Å². The van der Waals surface area contributed by atoms with Gasteiger partial charge in [0, 0.05) is 36.1 Å². The summed E-state index contributed by atoms with van der Waals surface area (Å²) in [6.07, 6.45) is 4.43. The largest absolute Gasteiger partial charge is 0.507 e. The molecular formula is C27H34FN5O. The lowest BCUT2D eigenvalue weighted by molar-refractivity contribution is 0.160. The molecule has 0 radical (unpaired) electrons. The fraction of sp³-hybridized carbons (Fsp3) is 0.444. The van der Waals surface area contributed by atoms with Gasteiger partial charge in [0.05, 0.1) is 11.3 Å². The molecule has 0 unspecified atom stereocenters. The van der Waals surface area contributed by atoms with Crippen LogP contribution in [0.1, 0.15) is 53.2 Å². The van der Waals surface area contributed by atoms with Gasteiger partial charge in [0.15, 0.2) is 5.82 Å². The molecule has 0 amide bonds. The summed E-state index contributed by atoms with van der Waals surface area (Å²) >= 11 is 0. The normalized spacial score (nSPS) is 17.5. The van der Waals surface area contributed by atoms with Crippen LogP contribution in [-0.4, -0.2) is 44.5 Å². The number of phenols is 1. The average molecular weight is 464 g/mol. The fourth-order valence-corrected chi connectivity index (χ4v) is 5.24. The Balaban J connectivity index is 1.59. The molecule has 180 valence electrons. The molecule has 0 atom stereocenters. The molecule has 34 heavy (non-hydrogen) atoms. The molecule has 2 N–H and O–H groups in total. The molecule has 1 fully saturated rings. The number of aromatic nitrogens is 3. The van der Waals surface area contributed by atoms with E-state index in [1.807, 2.05) is 26.1 Å². The summed E-state index contributed by atoms with van der Waals surface area (Å²) in [5.41, 5.74) is 2.69. The van der Waals surface area contributed by atoms with E-state index in [9.17, 15) is 5.11 Å². The van der Waals surface area contributed by atoms with Gasteiger partial charge >= 0.3 is 0 Å². The number of benzene rings is 1. The fourth-order valence-electron chi connectivity index (χ4n) is 5.24. The zero-order chi connectivity index (χ0) is 24.7. The Morgan fingerprint density at radius 3 is 2.32 bits per heavy atom. The lowest BCUT2D eigenvalue weighted by Gasteiger charge is -2.49. The van der Waals surface area contributed by atoms with Gasteiger partial charge in [0.1, 0.15) is 11.6 Å². The maximum absolute atomic E-state index is 15.1. The zero-order valence-corrected chi connectivity index (χ0v) is 20.9. The number of nitrogens with zero attached hydrogens (tertiary/aromatic N) is 4. The molecule has 7 heteroatoms. The van der Waals surface area contributed by atoms with Crippen molar-refractivity contribution in [2.45, 2.75) is 71.0 Å². The number of piperidine rings is 1. The Hall–Kier alpha value is -3.06. The number of halogens is 1. The molecule has 0 bridgehead atoms. The second-order valence-corrected chi connectivity index (χ2v) is 10.6. The number of rotatable bonds is 5. The first-order valence-corrected chi connectivity index (χ1v) is 11.8. The van der Waals surface area contributed by atoms with Gasteiger partial charge in [0.2, 0.25) is 0 Å². The van der Waals surface area contributed by atoms with Gasteiger partial charge in [-0.1, -0.05) is 6.92 Å².